The highest BCUT2D eigenvalue weighted by Crippen LogP contribution is 2.27. The number of amides is 1. The fraction of sp³-hybridized carbons (Fsp3) is 0.500. The monoisotopic (exact) mass is 534 g/mol. The van der Waals surface area contributed by atoms with Gasteiger partial charge in [-0.05, 0) is 76.5 Å². The van der Waals surface area contributed by atoms with E-state index in [4.69, 9.17) is 0 Å². The van der Waals surface area contributed by atoms with Crippen LogP contribution < -0.4 is 0 Å². The number of aromatic nitrogens is 2. The molecule has 1 aliphatic heterocycles. The lowest BCUT2D eigenvalue weighted by Crippen LogP contribution is -2.36. The van der Waals surface area contributed by atoms with Crippen LogP contribution in [0, 0.1) is 5.92 Å². The zero-order valence-corrected chi connectivity index (χ0v) is 25.2. The quantitative estimate of drug-likeness (QED) is 0.218. The number of nitrogens with one attached hydrogen (secondary N) is 1. The molecule has 1 saturated heterocycles. The highest BCUT2D eigenvalue weighted by molar-refractivity contribution is 6.10. The van der Waals surface area contributed by atoms with Gasteiger partial charge in [0.2, 0.25) is 5.91 Å². The molecule has 3 rings (SSSR count). The van der Waals surface area contributed by atoms with E-state index in [0.717, 1.165) is 47.6 Å². The number of carbonyl (C=O) groups is 1. The number of nitrogens with zero attached hydrogens (tertiary/aromatic N) is 3. The van der Waals surface area contributed by atoms with Crippen LogP contribution in [0.25, 0.3) is 22.2 Å². The lowest BCUT2D eigenvalue weighted by molar-refractivity contribution is -0.130. The molecule has 1 aliphatic rings. The third kappa shape index (κ3) is 12.9. The molecule has 0 radical (unpaired) electrons. The van der Waals surface area contributed by atoms with E-state index in [1.807, 2.05) is 44.3 Å². The first kappa shape index (κ1) is 35.8. The fourth-order valence-electron chi connectivity index (χ4n) is 4.13. The Bertz CT molecular complexity index is 1140. The van der Waals surface area contributed by atoms with Crippen molar-refractivity contribution in [2.75, 3.05) is 20.1 Å². The summed E-state index contributed by atoms with van der Waals surface area (Å²) in [5.41, 5.74) is 7.81. The van der Waals surface area contributed by atoms with Crippen LogP contribution in [0.5, 0.6) is 0 Å². The first-order valence-electron chi connectivity index (χ1n) is 13.8. The smallest absolute Gasteiger partial charge is 0.219 e. The molecule has 0 aromatic carbocycles. The summed E-state index contributed by atoms with van der Waals surface area (Å²) in [6.07, 6.45) is 15.8. The third-order valence-electron chi connectivity index (χ3n) is 6.37. The number of aromatic amines is 1. The summed E-state index contributed by atoms with van der Waals surface area (Å²) in [5, 5.41) is 1.13. The van der Waals surface area contributed by atoms with Gasteiger partial charge in [0.25, 0.3) is 0 Å². The van der Waals surface area contributed by atoms with Crippen LogP contribution in [0.1, 0.15) is 99.1 Å². The van der Waals surface area contributed by atoms with Crippen LogP contribution in [0.2, 0.25) is 0 Å². The van der Waals surface area contributed by atoms with Crippen molar-refractivity contribution in [3.05, 3.63) is 66.0 Å². The van der Waals surface area contributed by atoms with Gasteiger partial charge in [-0.25, -0.2) is 4.98 Å². The Morgan fingerprint density at radius 2 is 1.82 bits per heavy atom. The summed E-state index contributed by atoms with van der Waals surface area (Å²) in [4.78, 5) is 24.7. The minimum atomic E-state index is 0. The molecule has 2 aromatic rings. The van der Waals surface area contributed by atoms with E-state index in [-0.39, 0.29) is 13.3 Å². The van der Waals surface area contributed by atoms with Crippen LogP contribution >= 0.6 is 0 Å². The number of rotatable bonds is 7. The van der Waals surface area contributed by atoms with Gasteiger partial charge >= 0.3 is 0 Å². The molecule has 2 aromatic heterocycles. The van der Waals surface area contributed by atoms with E-state index in [1.165, 1.54) is 48.0 Å². The van der Waals surface area contributed by atoms with Gasteiger partial charge in [-0.15, -0.1) is 6.58 Å². The molecule has 0 atom stereocenters. The van der Waals surface area contributed by atoms with Crippen molar-refractivity contribution in [3.63, 3.8) is 0 Å². The zero-order valence-electron chi connectivity index (χ0n) is 25.2. The molecular weight excluding hydrogens is 480 g/mol. The summed E-state index contributed by atoms with van der Waals surface area (Å²) in [7, 11) is 1.78. The standard InChI is InChI=1S/C21H27N3.C8H15NO.C4H8.CH4/c1-6-8-9-15(3)10-16(4)20-14-24-21-19(20)11-18(13-23-21)17(7-2)12-22-5;1-7-3-5-9(6-4-7)8(2)10;1-4(2)3;/h7,10-14H,3,6,8-9H2,1-2,4-5H3,(H,23,24);7H,3-6H2,1-2H3;1H2,2-3H3;1H4/b16-10+,17-7+,22-12?;;;. The molecule has 0 aliphatic carbocycles. The summed E-state index contributed by atoms with van der Waals surface area (Å²) < 4.78 is 0. The van der Waals surface area contributed by atoms with E-state index in [9.17, 15) is 4.79 Å². The van der Waals surface area contributed by atoms with Crippen molar-refractivity contribution < 1.29 is 4.79 Å². The topological polar surface area (TPSA) is 61.4 Å². The molecule has 3 heterocycles. The van der Waals surface area contributed by atoms with Crippen molar-refractivity contribution in [2.24, 2.45) is 10.9 Å². The maximum Gasteiger partial charge on any atom is 0.219 e. The number of H-pyrrole nitrogens is 1. The predicted octanol–water partition coefficient (Wildman–Crippen LogP) is 9.30. The number of piperidine rings is 1. The van der Waals surface area contributed by atoms with Crippen LogP contribution in [0.4, 0.5) is 0 Å². The molecule has 5 nitrogen and oxygen atoms in total. The number of fused-ring (bicyclic) bond motifs is 1. The molecule has 216 valence electrons. The van der Waals surface area contributed by atoms with Crippen LogP contribution in [0.15, 0.2) is 59.9 Å². The number of aliphatic imine (C=N–C) groups is 1. The highest BCUT2D eigenvalue weighted by Gasteiger charge is 2.16. The average molecular weight is 535 g/mol. The molecule has 0 saturated carbocycles. The molecule has 0 unspecified atom stereocenters. The molecule has 0 bridgehead atoms. The third-order valence-corrected chi connectivity index (χ3v) is 6.37. The SMILES string of the molecule is C.C=C(/C=C(\C)c1c[nH]c2ncc(/C(C=NC)=C/C)cc12)CCCC.C=C(C)C.CC(=O)N1CCC(C)CC1. The zero-order chi connectivity index (χ0) is 28.7. The van der Waals surface area contributed by atoms with Gasteiger partial charge in [-0.2, -0.15) is 0 Å². The van der Waals surface area contributed by atoms with Gasteiger partial charge in [0, 0.05) is 62.2 Å². The number of hydrogen-bond donors (Lipinski definition) is 1. The minimum absolute atomic E-state index is 0. The van der Waals surface area contributed by atoms with Gasteiger partial charge < -0.3 is 9.88 Å². The van der Waals surface area contributed by atoms with Crippen molar-refractivity contribution in [1.82, 2.24) is 14.9 Å². The second kappa shape index (κ2) is 18.9. The van der Waals surface area contributed by atoms with Crippen molar-refractivity contribution in [3.8, 4) is 0 Å². The van der Waals surface area contributed by atoms with Crippen molar-refractivity contribution >= 4 is 34.3 Å². The Hall–Kier alpha value is -3.21. The van der Waals surface area contributed by atoms with Gasteiger partial charge in [-0.3, -0.25) is 9.79 Å². The van der Waals surface area contributed by atoms with Crippen LogP contribution in [-0.2, 0) is 4.79 Å². The molecule has 1 fully saturated rings. The maximum atomic E-state index is 10.8. The Labute approximate surface area is 238 Å². The molecule has 39 heavy (non-hydrogen) atoms. The maximum absolute atomic E-state index is 10.8. The Morgan fingerprint density at radius 3 is 2.33 bits per heavy atom. The number of carbonyl (C=O) groups excluding carboxylic acids is 1. The second-order valence-corrected chi connectivity index (χ2v) is 10.4. The van der Waals surface area contributed by atoms with Crippen molar-refractivity contribution in [2.45, 2.75) is 88.0 Å². The van der Waals surface area contributed by atoms with Gasteiger partial charge in [0.05, 0.1) is 0 Å². The minimum Gasteiger partial charge on any atom is -0.346 e. The van der Waals surface area contributed by atoms with Gasteiger partial charge in [-0.1, -0.05) is 57.6 Å². The summed E-state index contributed by atoms with van der Waals surface area (Å²) in [6, 6.07) is 2.18. The fourth-order valence-corrected chi connectivity index (χ4v) is 4.13. The average Bonchev–Trinajstić information content (AvgIpc) is 3.30. The van der Waals surface area contributed by atoms with E-state index in [1.54, 1.807) is 14.0 Å². The largest absolute Gasteiger partial charge is 0.346 e. The van der Waals surface area contributed by atoms with E-state index in [2.05, 4.69) is 67.1 Å². The first-order chi connectivity index (χ1) is 18.0. The highest BCUT2D eigenvalue weighted by atomic mass is 16.2. The second-order valence-electron chi connectivity index (χ2n) is 10.4. The molecule has 0 spiro atoms. The molecule has 1 N–H and O–H groups in total. The lowest BCUT2D eigenvalue weighted by atomic mass is 9.99. The molecular formula is C34H54N4O. The lowest BCUT2D eigenvalue weighted by Gasteiger charge is -2.29. The number of pyridine rings is 1. The first-order valence-corrected chi connectivity index (χ1v) is 13.8. The molecule has 5 heteroatoms. The summed E-state index contributed by atoms with van der Waals surface area (Å²) in [6.45, 7) is 23.9. The number of allylic oxidation sites excluding steroid dienone is 6. The number of likely N-dealkylation sites (tertiary alicyclic amines) is 1. The van der Waals surface area contributed by atoms with Crippen molar-refractivity contribution in [1.29, 1.82) is 0 Å². The Morgan fingerprint density at radius 1 is 1.21 bits per heavy atom. The van der Waals surface area contributed by atoms with Crippen LogP contribution in [0.3, 0.4) is 0 Å². The summed E-state index contributed by atoms with van der Waals surface area (Å²) in [5.74, 6) is 1.04. The Kier molecular flexibility index (Phi) is 17.4. The van der Waals surface area contributed by atoms with Crippen LogP contribution in [-0.4, -0.2) is 47.1 Å². The van der Waals surface area contributed by atoms with E-state index in [0.29, 0.717) is 0 Å². The van der Waals surface area contributed by atoms with E-state index < -0.39 is 0 Å². The number of hydrogen-bond acceptors (Lipinski definition) is 3. The normalized spacial score (nSPS) is 14.2. The van der Waals surface area contributed by atoms with Gasteiger partial charge in [0.1, 0.15) is 5.65 Å². The summed E-state index contributed by atoms with van der Waals surface area (Å²) >= 11 is 0. The number of unbranched alkanes of at least 4 members (excludes halogenated alkanes) is 1. The van der Waals surface area contributed by atoms with Gasteiger partial charge in [0.15, 0.2) is 0 Å². The predicted molar refractivity (Wildman–Crippen MR) is 174 cm³/mol. The van der Waals surface area contributed by atoms with E-state index >= 15 is 0 Å². The molecule has 1 amide bonds. The Balaban J connectivity index is 0.000000797.